The van der Waals surface area contributed by atoms with E-state index in [1.165, 1.54) is 23.8 Å². The van der Waals surface area contributed by atoms with Gasteiger partial charge in [-0.2, -0.15) is 5.10 Å². The number of ether oxygens (including phenoxy) is 1. The topological polar surface area (TPSA) is 58.6 Å². The lowest BCUT2D eigenvalue weighted by Crippen LogP contribution is -2.49. The summed E-state index contributed by atoms with van der Waals surface area (Å²) in [4.78, 5) is 16.4. The fourth-order valence-electron chi connectivity index (χ4n) is 3.62. The van der Waals surface area contributed by atoms with Gasteiger partial charge in [0, 0.05) is 31.7 Å². The predicted molar refractivity (Wildman–Crippen MR) is 95.3 cm³/mol. The Morgan fingerprint density at radius 1 is 1.04 bits per heavy atom. The van der Waals surface area contributed by atoms with Crippen LogP contribution in [0.1, 0.15) is 28.0 Å². The standard InChI is InChI=1S/C19H19F3N4O2/c20-19(21,22)28-15-5-1-4-14(11-15)18(27)26-9-7-25(8-10-26)17-12-13-3-2-6-16(13)23-24-17/h1,4-5,11-12H,2-3,6-10H2. The minimum absolute atomic E-state index is 0.174. The van der Waals surface area contributed by atoms with Gasteiger partial charge in [0.25, 0.3) is 5.91 Å². The number of aromatic nitrogens is 2. The van der Waals surface area contributed by atoms with Gasteiger partial charge < -0.3 is 14.5 Å². The maximum absolute atomic E-state index is 12.7. The highest BCUT2D eigenvalue weighted by atomic mass is 19.4. The maximum Gasteiger partial charge on any atom is 0.573 e. The zero-order valence-electron chi connectivity index (χ0n) is 15.1. The monoisotopic (exact) mass is 392 g/mol. The van der Waals surface area contributed by atoms with E-state index in [0.717, 1.165) is 36.8 Å². The first-order valence-electron chi connectivity index (χ1n) is 9.14. The molecule has 4 rings (SSSR count). The van der Waals surface area contributed by atoms with Gasteiger partial charge in [-0.05, 0) is 49.1 Å². The van der Waals surface area contributed by atoms with E-state index in [2.05, 4.69) is 25.9 Å². The normalized spacial score (nSPS) is 16.8. The third kappa shape index (κ3) is 4.02. The van der Waals surface area contributed by atoms with Crippen LogP contribution in [0.15, 0.2) is 30.3 Å². The quantitative estimate of drug-likeness (QED) is 0.804. The number of hydrogen-bond donors (Lipinski definition) is 0. The molecule has 1 fully saturated rings. The van der Waals surface area contributed by atoms with Crippen LogP contribution in [0, 0.1) is 0 Å². The van der Waals surface area contributed by atoms with Gasteiger partial charge in [0.05, 0.1) is 5.69 Å². The Morgan fingerprint density at radius 3 is 2.57 bits per heavy atom. The first kappa shape index (κ1) is 18.5. The minimum Gasteiger partial charge on any atom is -0.406 e. The van der Waals surface area contributed by atoms with E-state index >= 15 is 0 Å². The number of nitrogens with zero attached hydrogens (tertiary/aromatic N) is 4. The first-order chi connectivity index (χ1) is 13.4. The molecular formula is C19H19F3N4O2. The molecule has 0 N–H and O–H groups in total. The molecule has 2 aromatic rings. The van der Waals surface area contributed by atoms with Crippen molar-refractivity contribution < 1.29 is 22.7 Å². The zero-order chi connectivity index (χ0) is 19.7. The van der Waals surface area contributed by atoms with Crippen molar-refractivity contribution in [3.8, 4) is 5.75 Å². The van der Waals surface area contributed by atoms with Crippen molar-refractivity contribution in [1.82, 2.24) is 15.1 Å². The third-order valence-electron chi connectivity index (χ3n) is 5.01. The van der Waals surface area contributed by atoms with Crippen molar-refractivity contribution in [2.75, 3.05) is 31.1 Å². The number of piperazine rings is 1. The lowest BCUT2D eigenvalue weighted by molar-refractivity contribution is -0.274. The first-order valence-corrected chi connectivity index (χ1v) is 9.14. The van der Waals surface area contributed by atoms with Gasteiger partial charge in [0.1, 0.15) is 5.75 Å². The molecule has 0 atom stereocenters. The molecule has 0 radical (unpaired) electrons. The Morgan fingerprint density at radius 2 is 1.82 bits per heavy atom. The highest BCUT2D eigenvalue weighted by molar-refractivity contribution is 5.94. The summed E-state index contributed by atoms with van der Waals surface area (Å²) in [6.45, 7) is 2.11. The number of anilines is 1. The molecule has 0 unspecified atom stereocenters. The van der Waals surface area contributed by atoms with E-state index in [9.17, 15) is 18.0 Å². The fourth-order valence-corrected chi connectivity index (χ4v) is 3.62. The number of hydrogen-bond acceptors (Lipinski definition) is 5. The molecule has 1 amide bonds. The van der Waals surface area contributed by atoms with Crippen LogP contribution in [0.5, 0.6) is 5.75 Å². The zero-order valence-corrected chi connectivity index (χ0v) is 15.1. The van der Waals surface area contributed by atoms with E-state index in [1.807, 2.05) is 0 Å². The number of aryl methyl sites for hydroxylation is 2. The summed E-state index contributed by atoms with van der Waals surface area (Å²) >= 11 is 0. The van der Waals surface area contributed by atoms with Crippen LogP contribution in [0.2, 0.25) is 0 Å². The van der Waals surface area contributed by atoms with Crippen LogP contribution in [-0.4, -0.2) is 53.5 Å². The van der Waals surface area contributed by atoms with Crippen LogP contribution in [-0.2, 0) is 12.8 Å². The van der Waals surface area contributed by atoms with Crippen LogP contribution >= 0.6 is 0 Å². The number of rotatable bonds is 3. The van der Waals surface area contributed by atoms with Gasteiger partial charge in [-0.25, -0.2) is 0 Å². The molecule has 1 aliphatic heterocycles. The molecule has 2 heterocycles. The highest BCUT2D eigenvalue weighted by Crippen LogP contribution is 2.25. The van der Waals surface area contributed by atoms with Crippen LogP contribution in [0.3, 0.4) is 0 Å². The average Bonchev–Trinajstić information content (AvgIpc) is 3.14. The van der Waals surface area contributed by atoms with Crippen molar-refractivity contribution in [1.29, 1.82) is 0 Å². The minimum atomic E-state index is -4.79. The lowest BCUT2D eigenvalue weighted by Gasteiger charge is -2.35. The fraction of sp³-hybridized carbons (Fsp3) is 0.421. The molecule has 9 heteroatoms. The summed E-state index contributed by atoms with van der Waals surface area (Å²) in [5.74, 6) is 0.103. The van der Waals surface area contributed by atoms with Crippen LogP contribution < -0.4 is 9.64 Å². The molecule has 1 aromatic carbocycles. The molecule has 1 saturated heterocycles. The Bertz CT molecular complexity index is 880. The summed E-state index contributed by atoms with van der Waals surface area (Å²) in [6.07, 6.45) is -1.69. The molecule has 1 aromatic heterocycles. The molecular weight excluding hydrogens is 373 g/mol. The molecule has 0 saturated carbocycles. The molecule has 28 heavy (non-hydrogen) atoms. The highest BCUT2D eigenvalue weighted by Gasteiger charge is 2.31. The summed E-state index contributed by atoms with van der Waals surface area (Å²) in [5.41, 5.74) is 2.48. The van der Waals surface area contributed by atoms with Gasteiger partial charge in [-0.3, -0.25) is 4.79 Å². The van der Waals surface area contributed by atoms with Crippen LogP contribution in [0.4, 0.5) is 19.0 Å². The average molecular weight is 392 g/mol. The van der Waals surface area contributed by atoms with E-state index in [0.29, 0.717) is 26.2 Å². The van der Waals surface area contributed by atoms with E-state index in [-0.39, 0.29) is 11.5 Å². The number of benzene rings is 1. The number of halogens is 3. The van der Waals surface area contributed by atoms with Crippen LogP contribution in [0.25, 0.3) is 0 Å². The van der Waals surface area contributed by atoms with Crippen molar-refractivity contribution in [2.45, 2.75) is 25.6 Å². The molecule has 0 spiro atoms. The van der Waals surface area contributed by atoms with E-state index in [1.54, 1.807) is 4.90 Å². The second-order valence-corrected chi connectivity index (χ2v) is 6.88. The Hall–Kier alpha value is -2.84. The second-order valence-electron chi connectivity index (χ2n) is 6.88. The number of fused-ring (bicyclic) bond motifs is 1. The predicted octanol–water partition coefficient (Wildman–Crippen LogP) is 2.83. The molecule has 1 aliphatic carbocycles. The summed E-state index contributed by atoms with van der Waals surface area (Å²) in [7, 11) is 0. The number of carbonyl (C=O) groups excluding carboxylic acids is 1. The van der Waals surface area contributed by atoms with Crippen molar-refractivity contribution in [3.05, 3.63) is 47.2 Å². The van der Waals surface area contributed by atoms with E-state index in [4.69, 9.17) is 0 Å². The number of carbonyl (C=O) groups is 1. The Labute approximate surface area is 159 Å². The smallest absolute Gasteiger partial charge is 0.406 e. The maximum atomic E-state index is 12.7. The lowest BCUT2D eigenvalue weighted by atomic mass is 10.1. The summed E-state index contributed by atoms with van der Waals surface area (Å²) in [5, 5.41) is 8.59. The number of alkyl halides is 3. The molecule has 0 bridgehead atoms. The van der Waals surface area contributed by atoms with Gasteiger partial charge in [-0.1, -0.05) is 6.07 Å². The van der Waals surface area contributed by atoms with Crippen molar-refractivity contribution in [3.63, 3.8) is 0 Å². The summed E-state index contributed by atoms with van der Waals surface area (Å²) in [6, 6.07) is 7.24. The third-order valence-corrected chi connectivity index (χ3v) is 5.01. The Kier molecular flexibility index (Phi) is 4.82. The molecule has 6 nitrogen and oxygen atoms in total. The second kappa shape index (κ2) is 7.29. The van der Waals surface area contributed by atoms with Gasteiger partial charge in [-0.15, -0.1) is 18.3 Å². The summed E-state index contributed by atoms with van der Waals surface area (Å²) < 4.78 is 41.0. The molecule has 148 valence electrons. The SMILES string of the molecule is O=C(c1cccc(OC(F)(F)F)c1)N1CCN(c2cc3c(nn2)CCC3)CC1. The number of amides is 1. The van der Waals surface area contributed by atoms with Crippen molar-refractivity contribution >= 4 is 11.7 Å². The van der Waals surface area contributed by atoms with Crippen molar-refractivity contribution in [2.24, 2.45) is 0 Å². The largest absolute Gasteiger partial charge is 0.573 e. The Balaban J connectivity index is 1.40. The van der Waals surface area contributed by atoms with Gasteiger partial charge in [0.2, 0.25) is 0 Å². The van der Waals surface area contributed by atoms with Gasteiger partial charge in [0.15, 0.2) is 5.82 Å². The van der Waals surface area contributed by atoms with E-state index < -0.39 is 12.1 Å². The molecule has 2 aliphatic rings. The van der Waals surface area contributed by atoms with Gasteiger partial charge >= 0.3 is 6.36 Å².